The number of piperidine rings is 1. The quantitative estimate of drug-likeness (QED) is 0.446. The van der Waals surface area contributed by atoms with Crippen molar-refractivity contribution in [3.8, 4) is 0 Å². The van der Waals surface area contributed by atoms with Gasteiger partial charge in [0.05, 0.1) is 12.6 Å². The van der Waals surface area contributed by atoms with E-state index >= 15 is 0 Å². The van der Waals surface area contributed by atoms with Crippen molar-refractivity contribution in [2.75, 3.05) is 32.1 Å². The third-order valence-corrected chi connectivity index (χ3v) is 6.15. The molecule has 0 spiro atoms. The third kappa shape index (κ3) is 4.30. The molecule has 33 heavy (non-hydrogen) atoms. The van der Waals surface area contributed by atoms with Crippen molar-refractivity contribution in [3.05, 3.63) is 59.5 Å². The first kappa shape index (κ1) is 22.4. The number of nitrogens with zero attached hydrogens (tertiary/aromatic N) is 4. The van der Waals surface area contributed by atoms with Crippen molar-refractivity contribution < 1.29 is 23.5 Å². The zero-order valence-corrected chi connectivity index (χ0v) is 18.7. The number of ether oxygens (including phenoxy) is 1. The number of hydrogen-bond acceptors (Lipinski definition) is 5. The predicted molar refractivity (Wildman–Crippen MR) is 121 cm³/mol. The number of halogens is 1. The fourth-order valence-corrected chi connectivity index (χ4v) is 4.21. The van der Waals surface area contributed by atoms with Gasteiger partial charge in [0.2, 0.25) is 0 Å². The number of aromatic nitrogens is 2. The molecule has 1 aliphatic rings. The van der Waals surface area contributed by atoms with Gasteiger partial charge in [-0.1, -0.05) is 6.07 Å². The number of methoxy groups -OCH3 is 1. The van der Waals surface area contributed by atoms with Crippen molar-refractivity contribution >= 4 is 34.4 Å². The summed E-state index contributed by atoms with van der Waals surface area (Å²) in [7, 11) is 4.67. The molecule has 0 atom stereocenters. The van der Waals surface area contributed by atoms with Crippen molar-refractivity contribution in [2.45, 2.75) is 12.8 Å². The van der Waals surface area contributed by atoms with Gasteiger partial charge in [0.1, 0.15) is 5.82 Å². The number of aryl methyl sites for hydroxylation is 1. The second kappa shape index (κ2) is 9.01. The number of urea groups is 1. The first-order valence-corrected chi connectivity index (χ1v) is 10.7. The summed E-state index contributed by atoms with van der Waals surface area (Å²) in [6.45, 7) is 0.919. The highest BCUT2D eigenvalue weighted by Gasteiger charge is 2.30. The van der Waals surface area contributed by atoms with Crippen LogP contribution >= 0.6 is 0 Å². The van der Waals surface area contributed by atoms with E-state index < -0.39 is 5.97 Å². The number of ketones is 1. The van der Waals surface area contributed by atoms with Gasteiger partial charge >= 0.3 is 12.0 Å². The molecule has 0 radical (unpaired) electrons. The SMILES string of the molecule is COC(=O)c1nn(C)c2cc(C(=O)C3CCN(C(=O)N(C)c4ccc(F)cc4)CC3)ccc12. The molecule has 0 bridgehead atoms. The summed E-state index contributed by atoms with van der Waals surface area (Å²) < 4.78 is 19.5. The minimum absolute atomic E-state index is 0.0108. The number of amides is 2. The van der Waals surface area contributed by atoms with Crippen LogP contribution in [-0.2, 0) is 11.8 Å². The molecule has 0 unspecified atom stereocenters. The van der Waals surface area contributed by atoms with Crippen LogP contribution in [0.5, 0.6) is 0 Å². The highest BCUT2D eigenvalue weighted by molar-refractivity contribution is 6.06. The normalized spacial score (nSPS) is 14.4. The van der Waals surface area contributed by atoms with Crippen LogP contribution < -0.4 is 4.90 Å². The van der Waals surface area contributed by atoms with Crippen LogP contribution in [0.25, 0.3) is 10.9 Å². The molecule has 0 saturated carbocycles. The first-order valence-electron chi connectivity index (χ1n) is 10.7. The molecule has 2 heterocycles. The number of likely N-dealkylation sites (tertiary alicyclic amines) is 1. The second-order valence-corrected chi connectivity index (χ2v) is 8.14. The van der Waals surface area contributed by atoms with Crippen molar-refractivity contribution in [1.29, 1.82) is 0 Å². The molecule has 2 aromatic carbocycles. The van der Waals surface area contributed by atoms with E-state index in [2.05, 4.69) is 5.10 Å². The van der Waals surface area contributed by atoms with E-state index in [1.807, 2.05) is 0 Å². The van der Waals surface area contributed by atoms with E-state index in [1.54, 1.807) is 54.0 Å². The van der Waals surface area contributed by atoms with E-state index in [-0.39, 0.29) is 29.2 Å². The number of rotatable bonds is 4. The molecule has 3 aromatic rings. The Bertz CT molecular complexity index is 1210. The Balaban J connectivity index is 1.43. The standard InChI is InChI=1S/C24H25FN4O4/c1-27(18-7-5-17(25)6-8-18)24(32)29-12-10-15(11-13-29)22(30)16-4-9-19-20(14-16)28(2)26-21(19)23(31)33-3/h4-9,14-15H,10-13H2,1-3H3. The lowest BCUT2D eigenvalue weighted by molar-refractivity contribution is 0.0595. The average Bonchev–Trinajstić information content (AvgIpc) is 3.18. The van der Waals surface area contributed by atoms with Crippen LogP contribution in [-0.4, -0.2) is 59.7 Å². The summed E-state index contributed by atoms with van der Waals surface area (Å²) in [6, 6.07) is 10.7. The summed E-state index contributed by atoms with van der Waals surface area (Å²) in [5.74, 6) is -1.07. The number of hydrogen-bond donors (Lipinski definition) is 0. The number of esters is 1. The highest BCUT2D eigenvalue weighted by atomic mass is 19.1. The summed E-state index contributed by atoms with van der Waals surface area (Å²) >= 11 is 0. The molecule has 0 aliphatic carbocycles. The van der Waals surface area contributed by atoms with Gasteiger partial charge in [-0.2, -0.15) is 5.10 Å². The van der Waals surface area contributed by atoms with Crippen LogP contribution in [0, 0.1) is 11.7 Å². The molecule has 0 N–H and O–H groups in total. The number of carbonyl (C=O) groups excluding carboxylic acids is 3. The number of benzene rings is 2. The van der Waals surface area contributed by atoms with Crippen LogP contribution in [0.2, 0.25) is 0 Å². The van der Waals surface area contributed by atoms with Crippen LogP contribution in [0.3, 0.4) is 0 Å². The van der Waals surface area contributed by atoms with E-state index in [4.69, 9.17) is 4.74 Å². The zero-order chi connectivity index (χ0) is 23.7. The fraction of sp³-hybridized carbons (Fsp3) is 0.333. The molecule has 2 amide bonds. The van der Waals surface area contributed by atoms with Gasteiger partial charge < -0.3 is 9.64 Å². The van der Waals surface area contributed by atoms with Crippen molar-refractivity contribution in [3.63, 3.8) is 0 Å². The molecular formula is C24H25FN4O4. The Labute approximate surface area is 190 Å². The number of carbonyl (C=O) groups is 3. The van der Waals surface area contributed by atoms with Gasteiger partial charge in [0, 0.05) is 49.7 Å². The Kier molecular flexibility index (Phi) is 6.13. The number of Topliss-reactive ketones (excluding diaryl/α,β-unsaturated/α-hetero) is 1. The molecule has 1 fully saturated rings. The van der Waals surface area contributed by atoms with Crippen LogP contribution in [0.4, 0.5) is 14.9 Å². The molecule has 1 saturated heterocycles. The number of fused-ring (bicyclic) bond motifs is 1. The van der Waals surface area contributed by atoms with Gasteiger partial charge in [0.25, 0.3) is 0 Å². The second-order valence-electron chi connectivity index (χ2n) is 8.14. The van der Waals surface area contributed by atoms with Gasteiger partial charge in [-0.05, 0) is 49.2 Å². The average molecular weight is 452 g/mol. The summed E-state index contributed by atoms with van der Waals surface area (Å²) in [5.41, 5.74) is 2.05. The monoisotopic (exact) mass is 452 g/mol. The Morgan fingerprint density at radius 1 is 1.09 bits per heavy atom. The summed E-state index contributed by atoms with van der Waals surface area (Å²) in [6.07, 6.45) is 1.11. The lowest BCUT2D eigenvalue weighted by Crippen LogP contribution is -2.46. The maximum Gasteiger partial charge on any atom is 0.359 e. The minimum Gasteiger partial charge on any atom is -0.464 e. The van der Waals surface area contributed by atoms with Crippen molar-refractivity contribution in [2.24, 2.45) is 13.0 Å². The lowest BCUT2D eigenvalue weighted by Gasteiger charge is -2.34. The smallest absolute Gasteiger partial charge is 0.359 e. The maximum absolute atomic E-state index is 13.2. The van der Waals surface area contributed by atoms with E-state index in [0.717, 1.165) is 0 Å². The minimum atomic E-state index is -0.526. The molecule has 4 rings (SSSR count). The predicted octanol–water partition coefficient (Wildman–Crippen LogP) is 3.65. The van der Waals surface area contributed by atoms with Crippen LogP contribution in [0.1, 0.15) is 33.7 Å². The molecule has 9 heteroatoms. The van der Waals surface area contributed by atoms with E-state index in [0.29, 0.717) is 48.1 Å². The van der Waals surface area contributed by atoms with Crippen molar-refractivity contribution in [1.82, 2.24) is 14.7 Å². The molecular weight excluding hydrogens is 427 g/mol. The Morgan fingerprint density at radius 3 is 2.39 bits per heavy atom. The largest absolute Gasteiger partial charge is 0.464 e. The van der Waals surface area contributed by atoms with E-state index in [1.165, 1.54) is 24.1 Å². The van der Waals surface area contributed by atoms with Gasteiger partial charge in [0.15, 0.2) is 11.5 Å². The molecule has 172 valence electrons. The van der Waals surface area contributed by atoms with Crippen LogP contribution in [0.15, 0.2) is 42.5 Å². The van der Waals surface area contributed by atoms with Gasteiger partial charge in [-0.25, -0.2) is 14.0 Å². The Morgan fingerprint density at radius 2 is 1.76 bits per heavy atom. The topological polar surface area (TPSA) is 84.7 Å². The first-order chi connectivity index (χ1) is 15.8. The summed E-state index contributed by atoms with van der Waals surface area (Å²) in [5, 5.41) is 4.84. The van der Waals surface area contributed by atoms with Gasteiger partial charge in [-0.3, -0.25) is 14.4 Å². The highest BCUT2D eigenvalue weighted by Crippen LogP contribution is 2.26. The fourth-order valence-electron chi connectivity index (χ4n) is 4.21. The lowest BCUT2D eigenvalue weighted by atomic mass is 9.88. The van der Waals surface area contributed by atoms with E-state index in [9.17, 15) is 18.8 Å². The number of anilines is 1. The Hall–Kier alpha value is -3.75. The summed E-state index contributed by atoms with van der Waals surface area (Å²) in [4.78, 5) is 41.1. The third-order valence-electron chi connectivity index (χ3n) is 6.15. The molecule has 8 nitrogen and oxygen atoms in total. The van der Waals surface area contributed by atoms with Gasteiger partial charge in [-0.15, -0.1) is 0 Å². The molecule has 1 aromatic heterocycles. The molecule has 1 aliphatic heterocycles. The zero-order valence-electron chi connectivity index (χ0n) is 18.7. The maximum atomic E-state index is 13.2.